The number of aromatic nitrogens is 5. The fourth-order valence-corrected chi connectivity index (χ4v) is 2.74. The van der Waals surface area contributed by atoms with E-state index in [0.717, 1.165) is 4.40 Å². The van der Waals surface area contributed by atoms with Gasteiger partial charge in [0, 0.05) is 24.0 Å². The van der Waals surface area contributed by atoms with Gasteiger partial charge in [-0.1, -0.05) is 0 Å². The molecule has 6 nitrogen and oxygen atoms in total. The van der Waals surface area contributed by atoms with Crippen LogP contribution in [0.1, 0.15) is 12.2 Å². The highest BCUT2D eigenvalue weighted by molar-refractivity contribution is 6.21. The lowest BCUT2D eigenvalue weighted by atomic mass is 9.85. The first-order valence-corrected chi connectivity index (χ1v) is 8.03. The third kappa shape index (κ3) is 2.91. The molecule has 148 valence electrons. The molecule has 0 saturated heterocycles. The summed E-state index contributed by atoms with van der Waals surface area (Å²) in [6, 6.07) is 2.53. The van der Waals surface area contributed by atoms with Gasteiger partial charge >= 0.3 is 17.2 Å². The van der Waals surface area contributed by atoms with Crippen molar-refractivity contribution in [2.75, 3.05) is 0 Å². The first-order valence-electron chi connectivity index (χ1n) is 7.66. The molecule has 1 atom stereocenters. The molecule has 0 bridgehead atoms. The van der Waals surface area contributed by atoms with Crippen molar-refractivity contribution in [1.82, 2.24) is 24.6 Å². The van der Waals surface area contributed by atoms with Gasteiger partial charge in [0.1, 0.15) is 0 Å². The summed E-state index contributed by atoms with van der Waals surface area (Å²) in [6.07, 6.45) is 0.432. The minimum atomic E-state index is -4.28. The summed E-state index contributed by atoms with van der Waals surface area (Å²) < 4.78 is 84.7. The molecule has 28 heavy (non-hydrogen) atoms. The summed E-state index contributed by atoms with van der Waals surface area (Å²) in [7, 11) is 0. The number of rotatable bonds is 4. The highest BCUT2D eigenvalue weighted by Gasteiger charge is 2.73. The van der Waals surface area contributed by atoms with Crippen LogP contribution in [0.4, 0.5) is 26.3 Å². The predicted molar refractivity (Wildman–Crippen MR) is 82.7 cm³/mol. The van der Waals surface area contributed by atoms with E-state index in [4.69, 9.17) is 16.3 Å². The fraction of sp³-hybridized carbons (Fsp3) is 0.333. The first-order chi connectivity index (χ1) is 13.0. The SMILES string of the molecule is FC(F)(Cl)c1nnc2cnc(-c3ccc(OC4CC(F)(F)C4(F)F)nc3)cn12. The number of fused-ring (bicyclic) bond motifs is 1. The van der Waals surface area contributed by atoms with Gasteiger partial charge < -0.3 is 4.74 Å². The lowest BCUT2D eigenvalue weighted by molar-refractivity contribution is -0.324. The van der Waals surface area contributed by atoms with E-state index < -0.39 is 35.6 Å². The summed E-state index contributed by atoms with van der Waals surface area (Å²) >= 11 is 4.99. The van der Waals surface area contributed by atoms with Gasteiger partial charge in [-0.25, -0.2) is 4.98 Å². The summed E-state index contributed by atoms with van der Waals surface area (Å²) in [6.45, 7) is 0. The van der Waals surface area contributed by atoms with Crippen molar-refractivity contribution in [3.8, 4) is 17.1 Å². The third-order valence-corrected chi connectivity index (χ3v) is 4.34. The summed E-state index contributed by atoms with van der Waals surface area (Å²) in [5.41, 5.74) is 0.520. The van der Waals surface area contributed by atoms with Gasteiger partial charge in [0.2, 0.25) is 11.7 Å². The second-order valence-electron chi connectivity index (χ2n) is 6.05. The van der Waals surface area contributed by atoms with Gasteiger partial charge in [0.15, 0.2) is 11.8 Å². The van der Waals surface area contributed by atoms with Gasteiger partial charge in [-0.15, -0.1) is 10.2 Å². The normalized spacial score (nSPS) is 20.8. The van der Waals surface area contributed by atoms with Crippen molar-refractivity contribution in [3.63, 3.8) is 0 Å². The summed E-state index contributed by atoms with van der Waals surface area (Å²) in [5.74, 6) is -9.49. The van der Waals surface area contributed by atoms with Crippen LogP contribution < -0.4 is 4.74 Å². The zero-order valence-corrected chi connectivity index (χ0v) is 14.2. The van der Waals surface area contributed by atoms with Crippen molar-refractivity contribution >= 4 is 17.2 Å². The molecule has 4 rings (SSSR count). The zero-order chi connectivity index (χ0) is 20.3. The monoisotopic (exact) mass is 423 g/mol. The van der Waals surface area contributed by atoms with Gasteiger partial charge in [0.05, 0.1) is 18.3 Å². The Morgan fingerprint density at radius 3 is 2.43 bits per heavy atom. The van der Waals surface area contributed by atoms with Crippen LogP contribution in [0.2, 0.25) is 0 Å². The molecule has 1 unspecified atom stereocenters. The molecule has 1 aliphatic carbocycles. The van der Waals surface area contributed by atoms with E-state index in [1.165, 1.54) is 30.7 Å². The maximum absolute atomic E-state index is 13.4. The number of alkyl halides is 7. The quantitative estimate of drug-likeness (QED) is 0.470. The number of pyridine rings is 1. The molecule has 1 saturated carbocycles. The summed E-state index contributed by atoms with van der Waals surface area (Å²) in [5, 5.41) is 3.08. The average Bonchev–Trinajstić information content (AvgIpc) is 3.05. The van der Waals surface area contributed by atoms with Gasteiger partial charge in [-0.2, -0.15) is 26.3 Å². The van der Waals surface area contributed by atoms with Crippen LogP contribution in [0.15, 0.2) is 30.7 Å². The van der Waals surface area contributed by atoms with Crippen LogP contribution >= 0.6 is 11.6 Å². The Hall–Kier alpha value is -2.63. The van der Waals surface area contributed by atoms with Crippen LogP contribution in [-0.4, -0.2) is 42.5 Å². The lowest BCUT2D eigenvalue weighted by Crippen LogP contribution is -2.64. The Bertz CT molecular complexity index is 1040. The Balaban J connectivity index is 1.58. The molecule has 0 spiro atoms. The second kappa shape index (κ2) is 5.93. The Kier molecular flexibility index (Phi) is 3.97. The molecular weight excluding hydrogens is 416 g/mol. The maximum atomic E-state index is 13.4. The van der Waals surface area contributed by atoms with Crippen LogP contribution in [-0.2, 0) is 5.38 Å². The number of nitrogens with zero attached hydrogens (tertiary/aromatic N) is 5. The highest BCUT2D eigenvalue weighted by atomic mass is 35.5. The number of hydrogen-bond acceptors (Lipinski definition) is 5. The topological polar surface area (TPSA) is 65.2 Å². The van der Waals surface area contributed by atoms with E-state index in [0.29, 0.717) is 5.56 Å². The maximum Gasteiger partial charge on any atom is 0.382 e. The molecule has 3 aromatic heterocycles. The van der Waals surface area contributed by atoms with Crippen LogP contribution in [0.3, 0.4) is 0 Å². The van der Waals surface area contributed by atoms with Crippen molar-refractivity contribution in [2.45, 2.75) is 29.8 Å². The Morgan fingerprint density at radius 2 is 1.86 bits per heavy atom. The first kappa shape index (κ1) is 18.7. The molecule has 0 radical (unpaired) electrons. The minimum absolute atomic E-state index is 0.0279. The van der Waals surface area contributed by atoms with E-state index >= 15 is 0 Å². The number of hydrogen-bond donors (Lipinski definition) is 0. The molecule has 0 N–H and O–H groups in total. The zero-order valence-electron chi connectivity index (χ0n) is 13.5. The van der Waals surface area contributed by atoms with Crippen molar-refractivity contribution < 1.29 is 31.1 Å². The standard InChI is InChI=1S/C15H8ClF6N5O/c16-15(21,22)12-26-25-10-5-23-8(6-27(10)12)7-1-2-11(24-4-7)28-9-3-13(17,18)14(9,19)20/h1-2,4-6,9H,3H2. The molecule has 3 heterocycles. The molecule has 1 fully saturated rings. The van der Waals surface area contributed by atoms with E-state index in [1.54, 1.807) is 0 Å². The average molecular weight is 424 g/mol. The number of halogens is 7. The van der Waals surface area contributed by atoms with Gasteiger partial charge in [0.25, 0.3) is 0 Å². The van der Waals surface area contributed by atoms with E-state index in [9.17, 15) is 26.3 Å². The van der Waals surface area contributed by atoms with Crippen molar-refractivity contribution in [2.24, 2.45) is 0 Å². The van der Waals surface area contributed by atoms with Crippen LogP contribution in [0.25, 0.3) is 16.9 Å². The molecule has 0 aromatic carbocycles. The smallest absolute Gasteiger partial charge is 0.382 e. The Morgan fingerprint density at radius 1 is 1.11 bits per heavy atom. The van der Waals surface area contributed by atoms with Crippen molar-refractivity contribution in [3.05, 3.63) is 36.5 Å². The summed E-state index contributed by atoms with van der Waals surface area (Å²) in [4.78, 5) is 7.80. The highest BCUT2D eigenvalue weighted by Crippen LogP contribution is 2.52. The Labute approximate surface area is 157 Å². The largest absolute Gasteiger partial charge is 0.467 e. The molecule has 3 aromatic rings. The molecular formula is C15H8ClF6N5O. The molecule has 0 amide bonds. The van der Waals surface area contributed by atoms with E-state index in [1.807, 2.05) is 0 Å². The van der Waals surface area contributed by atoms with Crippen LogP contribution in [0.5, 0.6) is 5.88 Å². The lowest BCUT2D eigenvalue weighted by Gasteiger charge is -2.42. The second-order valence-corrected chi connectivity index (χ2v) is 6.52. The molecule has 0 aliphatic heterocycles. The van der Waals surface area contributed by atoms with Gasteiger partial charge in [-0.3, -0.25) is 9.38 Å². The molecule has 1 aliphatic rings. The van der Waals surface area contributed by atoms with Crippen molar-refractivity contribution in [1.29, 1.82) is 0 Å². The fourth-order valence-electron chi connectivity index (χ4n) is 2.61. The molecule has 13 heteroatoms. The van der Waals surface area contributed by atoms with E-state index in [-0.39, 0.29) is 17.2 Å². The predicted octanol–water partition coefficient (Wildman–Crippen LogP) is 3.90. The number of ether oxygens (including phenoxy) is 1. The van der Waals surface area contributed by atoms with Gasteiger partial charge in [-0.05, 0) is 17.7 Å². The third-order valence-electron chi connectivity index (χ3n) is 4.18. The van der Waals surface area contributed by atoms with E-state index in [2.05, 4.69) is 20.2 Å². The minimum Gasteiger partial charge on any atom is -0.467 e. The van der Waals surface area contributed by atoms with Crippen LogP contribution in [0, 0.1) is 0 Å².